The van der Waals surface area contributed by atoms with E-state index in [0.717, 1.165) is 29.2 Å². The molecule has 0 spiro atoms. The molecule has 6 heteroatoms. The number of aromatic hydroxyl groups is 1. The lowest BCUT2D eigenvalue weighted by Crippen LogP contribution is -2.29. The summed E-state index contributed by atoms with van der Waals surface area (Å²) < 4.78 is 0. The van der Waals surface area contributed by atoms with Crippen molar-refractivity contribution in [1.82, 2.24) is 0 Å². The van der Waals surface area contributed by atoms with Gasteiger partial charge in [0, 0.05) is 12.2 Å². The van der Waals surface area contributed by atoms with Gasteiger partial charge in [-0.05, 0) is 18.2 Å². The van der Waals surface area contributed by atoms with Crippen LogP contribution in [0, 0.1) is 0 Å². The van der Waals surface area contributed by atoms with Gasteiger partial charge in [0.15, 0.2) is 0 Å². The van der Waals surface area contributed by atoms with Gasteiger partial charge >= 0.3 is 5.97 Å². The van der Waals surface area contributed by atoms with Crippen molar-refractivity contribution in [1.29, 1.82) is 0 Å². The summed E-state index contributed by atoms with van der Waals surface area (Å²) in [5.41, 5.74) is -0.254. The molecule has 0 saturated heterocycles. The molecule has 0 aliphatic carbocycles. The summed E-state index contributed by atoms with van der Waals surface area (Å²) >= 11 is 0. The molecule has 0 unspecified atom stereocenters. The molecule has 2 rings (SSSR count). The number of amides is 2. The molecule has 0 aromatic heterocycles. The lowest BCUT2D eigenvalue weighted by molar-refractivity contribution is -0.119. The van der Waals surface area contributed by atoms with Crippen LogP contribution in [-0.4, -0.2) is 28.0 Å². The predicted octanol–water partition coefficient (Wildman–Crippen LogP) is 0.520. The van der Waals surface area contributed by atoms with E-state index < -0.39 is 23.5 Å². The number of carboxylic acids is 1. The van der Waals surface area contributed by atoms with Crippen molar-refractivity contribution in [3.8, 4) is 5.75 Å². The van der Waals surface area contributed by atoms with Gasteiger partial charge < -0.3 is 10.2 Å². The minimum atomic E-state index is -1.34. The molecule has 1 heterocycles. The summed E-state index contributed by atoms with van der Waals surface area (Å²) in [5.74, 6) is -2.85. The normalized spacial score (nSPS) is 14.5. The van der Waals surface area contributed by atoms with Gasteiger partial charge in [0.05, 0.1) is 5.69 Å². The monoisotopic (exact) mass is 233 g/mol. The molecule has 86 valence electrons. The van der Waals surface area contributed by atoms with Crippen LogP contribution in [0.5, 0.6) is 5.75 Å². The number of benzene rings is 1. The Labute approximate surface area is 95.4 Å². The molecular formula is C11H7NO5. The van der Waals surface area contributed by atoms with Crippen LogP contribution in [0.3, 0.4) is 0 Å². The summed E-state index contributed by atoms with van der Waals surface area (Å²) in [7, 11) is 0. The molecule has 0 fully saturated rings. The number of imide groups is 1. The first-order valence-corrected chi connectivity index (χ1v) is 4.63. The number of rotatable bonds is 2. The van der Waals surface area contributed by atoms with E-state index in [1.54, 1.807) is 0 Å². The Bertz CT molecular complexity index is 543. The first kappa shape index (κ1) is 10.9. The minimum Gasteiger partial charge on any atom is -0.507 e. The van der Waals surface area contributed by atoms with Crippen LogP contribution in [0.25, 0.3) is 0 Å². The zero-order valence-corrected chi connectivity index (χ0v) is 8.45. The molecular weight excluding hydrogens is 226 g/mol. The highest BCUT2D eigenvalue weighted by molar-refractivity contribution is 6.28. The van der Waals surface area contributed by atoms with Crippen LogP contribution in [0.4, 0.5) is 5.69 Å². The van der Waals surface area contributed by atoms with Gasteiger partial charge in [0.2, 0.25) is 0 Å². The molecule has 17 heavy (non-hydrogen) atoms. The quantitative estimate of drug-likeness (QED) is 0.726. The van der Waals surface area contributed by atoms with Crippen molar-refractivity contribution in [2.24, 2.45) is 0 Å². The Kier molecular flexibility index (Phi) is 2.40. The molecule has 0 bridgehead atoms. The van der Waals surface area contributed by atoms with E-state index in [-0.39, 0.29) is 11.3 Å². The van der Waals surface area contributed by atoms with Gasteiger partial charge in [-0.3, -0.25) is 9.59 Å². The zero-order valence-electron chi connectivity index (χ0n) is 8.45. The number of hydrogen-bond acceptors (Lipinski definition) is 4. The number of hydrogen-bond donors (Lipinski definition) is 2. The summed E-state index contributed by atoms with van der Waals surface area (Å²) in [6.45, 7) is 0. The van der Waals surface area contributed by atoms with Crippen molar-refractivity contribution >= 4 is 23.5 Å². The van der Waals surface area contributed by atoms with Crippen molar-refractivity contribution in [2.75, 3.05) is 4.90 Å². The third-order valence-electron chi connectivity index (χ3n) is 2.28. The van der Waals surface area contributed by atoms with Crippen LogP contribution in [-0.2, 0) is 9.59 Å². The second-order valence-electron chi connectivity index (χ2n) is 3.35. The third kappa shape index (κ3) is 1.76. The topological polar surface area (TPSA) is 94.9 Å². The highest BCUT2D eigenvalue weighted by atomic mass is 16.4. The van der Waals surface area contributed by atoms with E-state index in [9.17, 15) is 19.5 Å². The van der Waals surface area contributed by atoms with E-state index in [1.165, 1.54) is 6.07 Å². The van der Waals surface area contributed by atoms with Gasteiger partial charge in [-0.1, -0.05) is 0 Å². The fourth-order valence-electron chi connectivity index (χ4n) is 1.49. The molecule has 0 radical (unpaired) electrons. The van der Waals surface area contributed by atoms with Crippen LogP contribution in [0.1, 0.15) is 10.4 Å². The number of aromatic carboxylic acids is 1. The minimum absolute atomic E-state index is 0.111. The summed E-state index contributed by atoms with van der Waals surface area (Å²) in [6, 6.07) is 3.49. The average Bonchev–Trinajstić information content (AvgIpc) is 2.59. The fraction of sp³-hybridized carbons (Fsp3) is 0. The molecule has 2 N–H and O–H groups in total. The van der Waals surface area contributed by atoms with Crippen molar-refractivity contribution in [2.45, 2.75) is 0 Å². The molecule has 2 amide bonds. The number of carbonyl (C=O) groups excluding carboxylic acids is 2. The van der Waals surface area contributed by atoms with E-state index in [2.05, 4.69) is 0 Å². The maximum atomic E-state index is 11.4. The Morgan fingerprint density at radius 1 is 1.12 bits per heavy atom. The first-order valence-electron chi connectivity index (χ1n) is 4.63. The third-order valence-corrected chi connectivity index (χ3v) is 2.28. The number of anilines is 1. The van der Waals surface area contributed by atoms with Gasteiger partial charge in [-0.15, -0.1) is 0 Å². The molecule has 0 atom stereocenters. The van der Waals surface area contributed by atoms with Crippen LogP contribution in [0.2, 0.25) is 0 Å². The zero-order chi connectivity index (χ0) is 12.6. The Morgan fingerprint density at radius 3 is 2.24 bits per heavy atom. The first-order chi connectivity index (χ1) is 8.00. The fourth-order valence-corrected chi connectivity index (χ4v) is 1.49. The second-order valence-corrected chi connectivity index (χ2v) is 3.35. The smallest absolute Gasteiger partial charge is 0.339 e. The van der Waals surface area contributed by atoms with Gasteiger partial charge in [0.25, 0.3) is 11.8 Å². The van der Waals surface area contributed by atoms with Gasteiger partial charge in [0.1, 0.15) is 11.3 Å². The standard InChI is InChI=1S/C11H7NO5/c13-8-2-1-6(5-7(8)11(16)17)12-9(14)3-4-10(12)15/h1-5,13H,(H,16,17). The largest absolute Gasteiger partial charge is 0.507 e. The maximum Gasteiger partial charge on any atom is 0.339 e. The lowest BCUT2D eigenvalue weighted by atomic mass is 10.1. The number of carbonyl (C=O) groups is 3. The number of carboxylic acid groups (broad SMARTS) is 1. The van der Waals surface area contributed by atoms with Crippen LogP contribution >= 0.6 is 0 Å². The molecule has 6 nitrogen and oxygen atoms in total. The second kappa shape index (κ2) is 3.75. The number of nitrogens with zero attached hydrogens (tertiary/aromatic N) is 1. The number of phenols is 1. The highest BCUT2D eigenvalue weighted by Gasteiger charge is 2.26. The summed E-state index contributed by atoms with van der Waals surface area (Å²) in [6.07, 6.45) is 2.19. The molecule has 0 saturated carbocycles. The molecule has 1 aromatic carbocycles. The molecule has 1 aliphatic heterocycles. The average molecular weight is 233 g/mol. The van der Waals surface area contributed by atoms with Crippen molar-refractivity contribution in [3.05, 3.63) is 35.9 Å². The maximum absolute atomic E-state index is 11.4. The van der Waals surface area contributed by atoms with Gasteiger partial charge in [-0.2, -0.15) is 0 Å². The van der Waals surface area contributed by atoms with Crippen LogP contribution < -0.4 is 4.90 Å². The van der Waals surface area contributed by atoms with E-state index in [1.807, 2.05) is 0 Å². The molecule has 1 aromatic rings. The Hall–Kier alpha value is -2.63. The van der Waals surface area contributed by atoms with E-state index in [4.69, 9.17) is 5.11 Å². The predicted molar refractivity (Wildman–Crippen MR) is 56.7 cm³/mol. The Morgan fingerprint density at radius 2 is 1.71 bits per heavy atom. The van der Waals surface area contributed by atoms with Crippen molar-refractivity contribution in [3.63, 3.8) is 0 Å². The lowest BCUT2D eigenvalue weighted by Gasteiger charge is -2.14. The van der Waals surface area contributed by atoms with E-state index >= 15 is 0 Å². The highest BCUT2D eigenvalue weighted by Crippen LogP contribution is 2.26. The SMILES string of the molecule is O=C(O)c1cc(N2C(=O)C=CC2=O)ccc1O. The summed E-state index contributed by atoms with van der Waals surface area (Å²) in [5, 5.41) is 18.1. The summed E-state index contributed by atoms with van der Waals surface area (Å²) in [4.78, 5) is 34.3. The van der Waals surface area contributed by atoms with E-state index in [0.29, 0.717) is 0 Å². The van der Waals surface area contributed by atoms with Gasteiger partial charge in [-0.25, -0.2) is 9.69 Å². The van der Waals surface area contributed by atoms with Crippen LogP contribution in [0.15, 0.2) is 30.4 Å². The molecule has 1 aliphatic rings. The van der Waals surface area contributed by atoms with Crippen molar-refractivity contribution < 1.29 is 24.6 Å². The Balaban J connectivity index is 2.47.